The van der Waals surface area contributed by atoms with Gasteiger partial charge < -0.3 is 10.6 Å². The van der Waals surface area contributed by atoms with Crippen molar-refractivity contribution in [3.05, 3.63) is 33.8 Å². The van der Waals surface area contributed by atoms with Gasteiger partial charge in [-0.3, -0.25) is 4.79 Å². The van der Waals surface area contributed by atoms with Gasteiger partial charge in [0.15, 0.2) is 0 Å². The lowest BCUT2D eigenvalue weighted by Crippen LogP contribution is -2.32. The van der Waals surface area contributed by atoms with Crippen molar-refractivity contribution in [2.45, 2.75) is 12.5 Å². The Morgan fingerprint density at radius 2 is 2.12 bits per heavy atom. The van der Waals surface area contributed by atoms with Crippen LogP contribution in [0.5, 0.6) is 0 Å². The molecule has 0 spiro atoms. The van der Waals surface area contributed by atoms with Crippen molar-refractivity contribution in [1.29, 1.82) is 0 Å². The Bertz CT molecular complexity index is 425. The Labute approximate surface area is 116 Å². The Morgan fingerprint density at radius 3 is 2.65 bits per heavy atom. The van der Waals surface area contributed by atoms with Crippen molar-refractivity contribution in [2.75, 3.05) is 13.1 Å². The second kappa shape index (κ2) is 5.91. The number of rotatable bonds is 1. The van der Waals surface area contributed by atoms with Crippen LogP contribution < -0.4 is 5.73 Å². The molecule has 1 aromatic rings. The SMILES string of the molecule is Cl.NC1CCN(C(=O)c2ccc(Cl)cc2Cl)C1. The Morgan fingerprint density at radius 1 is 1.41 bits per heavy atom. The summed E-state index contributed by atoms with van der Waals surface area (Å²) < 4.78 is 0. The number of hydrogen-bond donors (Lipinski definition) is 1. The lowest BCUT2D eigenvalue weighted by molar-refractivity contribution is 0.0791. The Hall–Kier alpha value is -0.480. The maximum atomic E-state index is 12.1. The van der Waals surface area contributed by atoms with Gasteiger partial charge in [0.25, 0.3) is 5.91 Å². The Balaban J connectivity index is 0.00000144. The summed E-state index contributed by atoms with van der Waals surface area (Å²) in [4.78, 5) is 13.8. The predicted octanol–water partition coefficient (Wildman–Crippen LogP) is 2.59. The number of benzene rings is 1. The number of likely N-dealkylation sites (tertiary alicyclic amines) is 1. The van der Waals surface area contributed by atoms with E-state index in [1.165, 1.54) is 0 Å². The van der Waals surface area contributed by atoms with Gasteiger partial charge in [-0.05, 0) is 24.6 Å². The number of carbonyl (C=O) groups is 1. The third-order valence-corrected chi connectivity index (χ3v) is 3.22. The number of carbonyl (C=O) groups excluding carboxylic acids is 1. The van der Waals surface area contributed by atoms with Crippen LogP contribution in [0.2, 0.25) is 10.0 Å². The number of halogens is 3. The number of nitrogens with zero attached hydrogens (tertiary/aromatic N) is 1. The van der Waals surface area contributed by atoms with Gasteiger partial charge in [0.2, 0.25) is 0 Å². The highest BCUT2D eigenvalue weighted by Crippen LogP contribution is 2.23. The summed E-state index contributed by atoms with van der Waals surface area (Å²) in [6.07, 6.45) is 0.844. The molecule has 6 heteroatoms. The maximum Gasteiger partial charge on any atom is 0.255 e. The quantitative estimate of drug-likeness (QED) is 0.865. The fourth-order valence-corrected chi connectivity index (χ4v) is 2.29. The molecule has 94 valence electrons. The minimum atomic E-state index is -0.0744. The van der Waals surface area contributed by atoms with E-state index in [2.05, 4.69) is 0 Å². The first-order valence-electron chi connectivity index (χ1n) is 5.08. The summed E-state index contributed by atoms with van der Waals surface area (Å²) in [5.41, 5.74) is 6.24. The van der Waals surface area contributed by atoms with Crippen molar-refractivity contribution in [1.82, 2.24) is 4.90 Å². The minimum Gasteiger partial charge on any atom is -0.337 e. The first kappa shape index (κ1) is 14.6. The second-order valence-electron chi connectivity index (χ2n) is 3.92. The summed E-state index contributed by atoms with van der Waals surface area (Å²) in [7, 11) is 0. The van der Waals surface area contributed by atoms with Gasteiger partial charge in [-0.2, -0.15) is 0 Å². The summed E-state index contributed by atoms with van der Waals surface area (Å²) in [6.45, 7) is 1.29. The lowest BCUT2D eigenvalue weighted by Gasteiger charge is -2.16. The highest BCUT2D eigenvalue weighted by molar-refractivity contribution is 6.36. The number of amides is 1. The first-order valence-corrected chi connectivity index (χ1v) is 5.83. The van der Waals surface area contributed by atoms with Gasteiger partial charge in [0.1, 0.15) is 0 Å². The molecule has 1 aliphatic rings. The predicted molar refractivity (Wildman–Crippen MR) is 72.2 cm³/mol. The molecule has 1 aliphatic heterocycles. The van der Waals surface area contributed by atoms with Crippen LogP contribution in [-0.2, 0) is 0 Å². The van der Waals surface area contributed by atoms with Crippen LogP contribution in [0.1, 0.15) is 16.8 Å². The van der Waals surface area contributed by atoms with Crippen LogP contribution >= 0.6 is 35.6 Å². The van der Waals surface area contributed by atoms with E-state index in [1.807, 2.05) is 0 Å². The molecular formula is C11H13Cl3N2O. The van der Waals surface area contributed by atoms with Crippen molar-refractivity contribution >= 4 is 41.5 Å². The molecule has 1 heterocycles. The van der Waals surface area contributed by atoms with E-state index in [0.717, 1.165) is 6.42 Å². The van der Waals surface area contributed by atoms with Crippen LogP contribution in [0, 0.1) is 0 Å². The molecule has 0 bridgehead atoms. The molecule has 1 aromatic carbocycles. The molecule has 0 aliphatic carbocycles. The highest BCUT2D eigenvalue weighted by Gasteiger charge is 2.25. The van der Waals surface area contributed by atoms with Gasteiger partial charge in [0.05, 0.1) is 10.6 Å². The van der Waals surface area contributed by atoms with Crippen LogP contribution in [0.25, 0.3) is 0 Å². The van der Waals surface area contributed by atoms with E-state index in [4.69, 9.17) is 28.9 Å². The third-order valence-electron chi connectivity index (χ3n) is 2.67. The van der Waals surface area contributed by atoms with E-state index in [9.17, 15) is 4.79 Å². The van der Waals surface area contributed by atoms with E-state index in [0.29, 0.717) is 28.7 Å². The van der Waals surface area contributed by atoms with Crippen molar-refractivity contribution < 1.29 is 4.79 Å². The zero-order valence-electron chi connectivity index (χ0n) is 9.03. The normalized spacial score (nSPS) is 19.0. The molecule has 17 heavy (non-hydrogen) atoms. The first-order chi connectivity index (χ1) is 7.58. The minimum absolute atomic E-state index is 0. The van der Waals surface area contributed by atoms with Crippen LogP contribution in [0.3, 0.4) is 0 Å². The molecule has 1 unspecified atom stereocenters. The van der Waals surface area contributed by atoms with E-state index < -0.39 is 0 Å². The van der Waals surface area contributed by atoms with Gasteiger partial charge >= 0.3 is 0 Å². The van der Waals surface area contributed by atoms with Crippen molar-refractivity contribution in [2.24, 2.45) is 5.73 Å². The average molecular weight is 296 g/mol. The molecule has 0 saturated carbocycles. The summed E-state index contributed by atoms with van der Waals surface area (Å²) in [5.74, 6) is -0.0744. The lowest BCUT2D eigenvalue weighted by atomic mass is 10.2. The van der Waals surface area contributed by atoms with E-state index in [-0.39, 0.29) is 24.4 Å². The Kier molecular flexibility index (Phi) is 5.07. The second-order valence-corrected chi connectivity index (χ2v) is 4.77. The van der Waals surface area contributed by atoms with Crippen LogP contribution in [-0.4, -0.2) is 29.9 Å². The van der Waals surface area contributed by atoms with Crippen LogP contribution in [0.15, 0.2) is 18.2 Å². The number of hydrogen-bond acceptors (Lipinski definition) is 2. The topological polar surface area (TPSA) is 46.3 Å². The fraction of sp³-hybridized carbons (Fsp3) is 0.364. The molecular weight excluding hydrogens is 282 g/mol. The molecule has 2 N–H and O–H groups in total. The smallest absolute Gasteiger partial charge is 0.255 e. The molecule has 1 fully saturated rings. The number of nitrogens with two attached hydrogens (primary N) is 1. The summed E-state index contributed by atoms with van der Waals surface area (Å²) in [6, 6.07) is 4.97. The molecule has 3 nitrogen and oxygen atoms in total. The van der Waals surface area contributed by atoms with Crippen LogP contribution in [0.4, 0.5) is 0 Å². The molecule has 0 aromatic heterocycles. The monoisotopic (exact) mass is 294 g/mol. The molecule has 1 atom stereocenters. The molecule has 0 radical (unpaired) electrons. The maximum absolute atomic E-state index is 12.1. The summed E-state index contributed by atoms with van der Waals surface area (Å²) >= 11 is 11.8. The highest BCUT2D eigenvalue weighted by atomic mass is 35.5. The average Bonchev–Trinajstić information content (AvgIpc) is 2.64. The van der Waals surface area contributed by atoms with Gasteiger partial charge in [-0.1, -0.05) is 23.2 Å². The van der Waals surface area contributed by atoms with Crippen molar-refractivity contribution in [3.63, 3.8) is 0 Å². The molecule has 1 saturated heterocycles. The summed E-state index contributed by atoms with van der Waals surface area (Å²) in [5, 5.41) is 0.914. The molecule has 2 rings (SSSR count). The fourth-order valence-electron chi connectivity index (χ4n) is 1.81. The van der Waals surface area contributed by atoms with Gasteiger partial charge in [-0.15, -0.1) is 12.4 Å². The van der Waals surface area contributed by atoms with Crippen molar-refractivity contribution in [3.8, 4) is 0 Å². The van der Waals surface area contributed by atoms with E-state index in [1.54, 1.807) is 23.1 Å². The largest absolute Gasteiger partial charge is 0.337 e. The standard InChI is InChI=1S/C11H12Cl2N2O.ClH/c12-7-1-2-9(10(13)5-7)11(16)15-4-3-8(14)6-15;/h1-2,5,8H,3-4,6,14H2;1H. The van der Waals surface area contributed by atoms with Gasteiger partial charge in [-0.25, -0.2) is 0 Å². The van der Waals surface area contributed by atoms with Gasteiger partial charge in [0, 0.05) is 24.2 Å². The third kappa shape index (κ3) is 3.26. The zero-order chi connectivity index (χ0) is 11.7. The molecule has 1 amide bonds. The zero-order valence-corrected chi connectivity index (χ0v) is 11.4. The van der Waals surface area contributed by atoms with E-state index >= 15 is 0 Å².